The van der Waals surface area contributed by atoms with Gasteiger partial charge < -0.3 is 10.6 Å². The van der Waals surface area contributed by atoms with Gasteiger partial charge in [-0.1, -0.05) is 6.42 Å². The van der Waals surface area contributed by atoms with Gasteiger partial charge in [0, 0.05) is 12.3 Å². The molecule has 0 atom stereocenters. The van der Waals surface area contributed by atoms with Crippen molar-refractivity contribution < 1.29 is 4.79 Å². The molecule has 1 aliphatic carbocycles. The van der Waals surface area contributed by atoms with Crippen LogP contribution in [0.15, 0.2) is 0 Å². The fraction of sp³-hybridized carbons (Fsp3) is 0.833. The third-order valence-electron chi connectivity index (χ3n) is 3.72. The molecule has 2 aliphatic rings. The molecule has 0 aromatic heterocycles. The molecule has 0 radical (unpaired) electrons. The van der Waals surface area contributed by atoms with Gasteiger partial charge in [0.15, 0.2) is 0 Å². The van der Waals surface area contributed by atoms with Crippen LogP contribution in [0.25, 0.3) is 0 Å². The van der Waals surface area contributed by atoms with Crippen molar-refractivity contribution in [2.24, 2.45) is 11.8 Å². The highest BCUT2D eigenvalue weighted by Crippen LogP contribution is 2.26. The van der Waals surface area contributed by atoms with Crippen LogP contribution in [-0.2, 0) is 4.79 Å². The molecule has 1 aliphatic heterocycles. The summed E-state index contributed by atoms with van der Waals surface area (Å²) in [5, 5.41) is 13.8. The maximum atomic E-state index is 11.7. The second kappa shape index (κ2) is 5.43. The van der Waals surface area contributed by atoms with Gasteiger partial charge in [0.25, 0.3) is 0 Å². The van der Waals surface area contributed by atoms with E-state index in [1.807, 2.05) is 0 Å². The molecule has 3 N–H and O–H groups in total. The summed E-state index contributed by atoms with van der Waals surface area (Å²) >= 11 is 0. The minimum Gasteiger partial charge on any atom is -0.317 e. The maximum absolute atomic E-state index is 11.7. The van der Waals surface area contributed by atoms with Gasteiger partial charge in [-0.15, -0.1) is 0 Å². The fourth-order valence-electron chi connectivity index (χ4n) is 2.35. The molecule has 0 aromatic rings. The quantitative estimate of drug-likeness (QED) is 0.498. The van der Waals surface area contributed by atoms with Crippen LogP contribution in [0.2, 0.25) is 0 Å². The zero-order valence-corrected chi connectivity index (χ0v) is 9.72. The van der Waals surface area contributed by atoms with E-state index in [0.29, 0.717) is 24.1 Å². The van der Waals surface area contributed by atoms with Crippen LogP contribution in [-0.4, -0.2) is 24.8 Å². The van der Waals surface area contributed by atoms with E-state index in [-0.39, 0.29) is 5.91 Å². The minimum absolute atomic E-state index is 0.0452. The largest absolute Gasteiger partial charge is 0.317 e. The number of hydrogen-bond acceptors (Lipinski definition) is 3. The number of hydrogen-bond donors (Lipinski definition) is 3. The van der Waals surface area contributed by atoms with E-state index in [1.165, 1.54) is 6.42 Å². The predicted molar refractivity (Wildman–Crippen MR) is 63.4 cm³/mol. The first-order valence-corrected chi connectivity index (χ1v) is 6.34. The Morgan fingerprint density at radius 2 is 1.94 bits per heavy atom. The molecule has 1 heterocycles. The van der Waals surface area contributed by atoms with Crippen molar-refractivity contribution in [3.8, 4) is 0 Å². The number of carbonyl (C=O) groups is 1. The van der Waals surface area contributed by atoms with E-state index in [4.69, 9.17) is 5.41 Å². The highest BCUT2D eigenvalue weighted by atomic mass is 16.1. The molecular weight excluding hydrogens is 202 g/mol. The predicted octanol–water partition coefficient (Wildman–Crippen LogP) is 1.27. The molecule has 1 amide bonds. The van der Waals surface area contributed by atoms with E-state index in [1.54, 1.807) is 0 Å². The third-order valence-corrected chi connectivity index (χ3v) is 3.72. The maximum Gasteiger partial charge on any atom is 0.225 e. The Kier molecular flexibility index (Phi) is 3.93. The zero-order valence-electron chi connectivity index (χ0n) is 9.72. The number of rotatable bonds is 3. The van der Waals surface area contributed by atoms with Crippen molar-refractivity contribution in [3.05, 3.63) is 0 Å². The van der Waals surface area contributed by atoms with Crippen LogP contribution in [0.5, 0.6) is 0 Å². The van der Waals surface area contributed by atoms with E-state index < -0.39 is 0 Å². The van der Waals surface area contributed by atoms with Crippen molar-refractivity contribution in [2.75, 3.05) is 13.1 Å². The molecule has 4 nitrogen and oxygen atoms in total. The lowest BCUT2D eigenvalue weighted by Crippen LogP contribution is -2.39. The molecule has 1 saturated heterocycles. The summed E-state index contributed by atoms with van der Waals surface area (Å²) in [7, 11) is 0. The number of nitrogens with one attached hydrogen (secondary N) is 3. The molecule has 0 aromatic carbocycles. The zero-order chi connectivity index (χ0) is 11.4. The Balaban J connectivity index is 1.68. The monoisotopic (exact) mass is 223 g/mol. The second-order valence-corrected chi connectivity index (χ2v) is 4.99. The number of amidine groups is 1. The first-order valence-electron chi connectivity index (χ1n) is 6.34. The van der Waals surface area contributed by atoms with E-state index >= 15 is 0 Å². The van der Waals surface area contributed by atoms with Crippen molar-refractivity contribution in [1.29, 1.82) is 5.41 Å². The van der Waals surface area contributed by atoms with Crippen molar-refractivity contribution in [1.82, 2.24) is 10.6 Å². The van der Waals surface area contributed by atoms with Crippen LogP contribution in [0, 0.1) is 17.2 Å². The van der Waals surface area contributed by atoms with Crippen LogP contribution in [0.1, 0.15) is 38.5 Å². The Hall–Kier alpha value is -0.900. The molecular formula is C12H21N3O. The van der Waals surface area contributed by atoms with Crippen LogP contribution in [0.4, 0.5) is 0 Å². The van der Waals surface area contributed by atoms with Crippen molar-refractivity contribution in [2.45, 2.75) is 38.5 Å². The lowest BCUT2D eigenvalue weighted by atomic mass is 9.84. The lowest BCUT2D eigenvalue weighted by molar-refractivity contribution is -0.120. The molecule has 0 spiro atoms. The van der Waals surface area contributed by atoms with Crippen LogP contribution in [0.3, 0.4) is 0 Å². The van der Waals surface area contributed by atoms with Gasteiger partial charge in [-0.05, 0) is 44.7 Å². The first kappa shape index (κ1) is 11.6. The normalized spacial score (nSPS) is 22.5. The Labute approximate surface area is 96.7 Å². The van der Waals surface area contributed by atoms with Crippen molar-refractivity contribution in [3.63, 3.8) is 0 Å². The van der Waals surface area contributed by atoms with Gasteiger partial charge in [0.2, 0.25) is 5.91 Å². The third kappa shape index (κ3) is 3.04. The molecule has 2 rings (SSSR count). The average molecular weight is 223 g/mol. The summed E-state index contributed by atoms with van der Waals surface area (Å²) < 4.78 is 0. The van der Waals surface area contributed by atoms with Crippen LogP contribution < -0.4 is 10.6 Å². The minimum atomic E-state index is 0.0452. The summed E-state index contributed by atoms with van der Waals surface area (Å²) in [5.74, 6) is 1.33. The molecule has 4 heteroatoms. The summed E-state index contributed by atoms with van der Waals surface area (Å²) in [6.07, 6.45) is 6.13. The van der Waals surface area contributed by atoms with Crippen molar-refractivity contribution >= 4 is 11.7 Å². The Bertz CT molecular complexity index is 267. The summed E-state index contributed by atoms with van der Waals surface area (Å²) in [6, 6.07) is 0. The van der Waals surface area contributed by atoms with Gasteiger partial charge in [0.1, 0.15) is 5.84 Å². The SMILES string of the molecule is N=C(NC(=O)CC1CCNCC1)C1CCC1. The first-order chi connectivity index (χ1) is 7.75. The lowest BCUT2D eigenvalue weighted by Gasteiger charge is -2.27. The van der Waals surface area contributed by atoms with E-state index in [9.17, 15) is 4.79 Å². The average Bonchev–Trinajstić information content (AvgIpc) is 2.15. The molecule has 1 saturated carbocycles. The fourth-order valence-corrected chi connectivity index (χ4v) is 2.35. The number of piperidine rings is 1. The van der Waals surface area contributed by atoms with Crippen LogP contribution >= 0.6 is 0 Å². The van der Waals surface area contributed by atoms with E-state index in [0.717, 1.165) is 38.8 Å². The second-order valence-electron chi connectivity index (χ2n) is 4.99. The molecule has 2 fully saturated rings. The summed E-state index contributed by atoms with van der Waals surface area (Å²) in [4.78, 5) is 11.7. The standard InChI is InChI=1S/C12H21N3O/c13-12(10-2-1-3-10)15-11(16)8-9-4-6-14-7-5-9/h9-10,14H,1-8H2,(H2,13,15,16). The highest BCUT2D eigenvalue weighted by molar-refractivity contribution is 5.98. The summed E-state index contributed by atoms with van der Waals surface area (Å²) in [6.45, 7) is 2.05. The molecule has 0 bridgehead atoms. The molecule has 16 heavy (non-hydrogen) atoms. The van der Waals surface area contributed by atoms with Gasteiger partial charge in [-0.3, -0.25) is 10.2 Å². The number of amides is 1. The topological polar surface area (TPSA) is 65.0 Å². The van der Waals surface area contributed by atoms with Gasteiger partial charge >= 0.3 is 0 Å². The Morgan fingerprint density at radius 1 is 1.25 bits per heavy atom. The Morgan fingerprint density at radius 3 is 2.50 bits per heavy atom. The highest BCUT2D eigenvalue weighted by Gasteiger charge is 2.24. The smallest absolute Gasteiger partial charge is 0.225 e. The van der Waals surface area contributed by atoms with Gasteiger partial charge in [0.05, 0.1) is 0 Å². The van der Waals surface area contributed by atoms with Gasteiger partial charge in [-0.2, -0.15) is 0 Å². The van der Waals surface area contributed by atoms with E-state index in [2.05, 4.69) is 10.6 Å². The molecule has 90 valence electrons. The van der Waals surface area contributed by atoms with Gasteiger partial charge in [-0.25, -0.2) is 0 Å². The summed E-state index contributed by atoms with van der Waals surface area (Å²) in [5.41, 5.74) is 0. The molecule has 0 unspecified atom stereocenters. The number of carbonyl (C=O) groups excluding carboxylic acids is 1.